The number of carbonyl (C=O) groups is 5. The quantitative estimate of drug-likeness (QED) is 0.0659. The second kappa shape index (κ2) is 21.1. The van der Waals surface area contributed by atoms with Gasteiger partial charge in [0.25, 0.3) is 0 Å². The summed E-state index contributed by atoms with van der Waals surface area (Å²) in [6.45, 7) is 7.43. The van der Waals surface area contributed by atoms with Crippen molar-refractivity contribution in [2.45, 2.75) is 84.1 Å². The summed E-state index contributed by atoms with van der Waals surface area (Å²) >= 11 is 0. The fraction of sp³-hybridized carbons (Fsp3) is 0.452. The number of ether oxygens (including phenoxy) is 1. The summed E-state index contributed by atoms with van der Waals surface area (Å²) in [6.07, 6.45) is 1.05. The minimum atomic E-state index is -1.07. The van der Waals surface area contributed by atoms with Crippen molar-refractivity contribution in [3.8, 4) is 5.75 Å². The molecule has 3 aromatic carbocycles. The molecule has 1 aliphatic rings. The van der Waals surface area contributed by atoms with Gasteiger partial charge >= 0.3 is 5.97 Å². The summed E-state index contributed by atoms with van der Waals surface area (Å²) in [5, 5.41) is 31.1. The number of rotatable bonds is 20. The highest BCUT2D eigenvalue weighted by molar-refractivity contribution is 5.95. The van der Waals surface area contributed by atoms with Crippen LogP contribution in [0.25, 0.3) is 0 Å². The number of carbonyl (C=O) groups excluding carboxylic acids is 4. The van der Waals surface area contributed by atoms with Crippen molar-refractivity contribution in [3.05, 3.63) is 101 Å². The monoisotopic (exact) mass is 772 g/mol. The molecule has 4 amide bonds. The Morgan fingerprint density at radius 3 is 2.09 bits per heavy atom. The van der Waals surface area contributed by atoms with Crippen molar-refractivity contribution in [1.29, 1.82) is 0 Å². The molecule has 1 heterocycles. The fourth-order valence-corrected chi connectivity index (χ4v) is 6.61. The van der Waals surface area contributed by atoms with Crippen LogP contribution in [0.2, 0.25) is 0 Å². The van der Waals surface area contributed by atoms with E-state index >= 15 is 0 Å². The van der Waals surface area contributed by atoms with Gasteiger partial charge in [0.05, 0.1) is 12.6 Å². The Balaban J connectivity index is 1.49. The predicted octanol–water partition coefficient (Wildman–Crippen LogP) is 2.47. The molecule has 14 heteroatoms. The van der Waals surface area contributed by atoms with Crippen LogP contribution in [0.15, 0.2) is 78.9 Å². The minimum absolute atomic E-state index is 0.0541. The number of hydrogen-bond donors (Lipinski definition) is 7. The molecule has 1 aliphatic heterocycles. The third-order valence-corrected chi connectivity index (χ3v) is 10.3. The van der Waals surface area contributed by atoms with Gasteiger partial charge in [-0.2, -0.15) is 0 Å². The van der Waals surface area contributed by atoms with Crippen LogP contribution < -0.4 is 27.0 Å². The van der Waals surface area contributed by atoms with Gasteiger partial charge < -0.3 is 41.5 Å². The van der Waals surface area contributed by atoms with Crippen molar-refractivity contribution in [2.75, 3.05) is 20.0 Å². The zero-order valence-corrected chi connectivity index (χ0v) is 32.6. The molecule has 3 aromatic rings. The number of fused-ring (bicyclic) bond motifs is 1. The molecule has 0 bridgehead atoms. The number of benzene rings is 3. The Labute approximate surface area is 328 Å². The van der Waals surface area contributed by atoms with Crippen LogP contribution in [0.1, 0.15) is 56.4 Å². The molecule has 0 spiro atoms. The van der Waals surface area contributed by atoms with Gasteiger partial charge in [-0.15, -0.1) is 0 Å². The van der Waals surface area contributed by atoms with Gasteiger partial charge in [-0.3, -0.25) is 29.3 Å². The van der Waals surface area contributed by atoms with Gasteiger partial charge in [0.1, 0.15) is 36.6 Å². The number of nitrogens with one attached hydrogen (secondary N) is 4. The van der Waals surface area contributed by atoms with Crippen LogP contribution >= 0.6 is 0 Å². The Bertz CT molecular complexity index is 1770. The van der Waals surface area contributed by atoms with E-state index < -0.39 is 53.8 Å². The van der Waals surface area contributed by atoms with Crippen LogP contribution in [0.5, 0.6) is 5.75 Å². The highest BCUT2D eigenvalue weighted by Gasteiger charge is 2.36. The molecule has 0 saturated carbocycles. The van der Waals surface area contributed by atoms with Gasteiger partial charge in [0.2, 0.25) is 23.6 Å². The van der Waals surface area contributed by atoms with E-state index in [4.69, 9.17) is 10.5 Å². The molecular weight excluding hydrogens is 716 g/mol. The van der Waals surface area contributed by atoms with Crippen LogP contribution in [-0.2, 0) is 54.5 Å². The van der Waals surface area contributed by atoms with E-state index in [-0.39, 0.29) is 69.3 Å². The summed E-state index contributed by atoms with van der Waals surface area (Å²) in [5.74, 6) is -3.89. The number of phenolic OH excluding ortho intramolecular Hbond substituents is 1. The largest absolute Gasteiger partial charge is 0.508 e. The topological polar surface area (TPSA) is 212 Å². The highest BCUT2D eigenvalue weighted by Crippen LogP contribution is 2.21. The second-order valence-electron chi connectivity index (χ2n) is 14.7. The number of carboxylic acid groups (broad SMARTS) is 1. The van der Waals surface area contributed by atoms with Crippen LogP contribution in [-0.4, -0.2) is 88.9 Å². The first-order chi connectivity index (χ1) is 26.8. The second-order valence-corrected chi connectivity index (χ2v) is 14.7. The lowest BCUT2D eigenvalue weighted by Gasteiger charge is -2.30. The van der Waals surface area contributed by atoms with Gasteiger partial charge in [0.15, 0.2) is 0 Å². The highest BCUT2D eigenvalue weighted by atomic mass is 16.5. The molecule has 0 aliphatic carbocycles. The van der Waals surface area contributed by atoms with Gasteiger partial charge in [0, 0.05) is 25.9 Å². The molecule has 0 radical (unpaired) electrons. The Kier molecular flexibility index (Phi) is 16.4. The Morgan fingerprint density at radius 1 is 0.839 bits per heavy atom. The molecule has 14 nitrogen and oxygen atoms in total. The van der Waals surface area contributed by atoms with Crippen molar-refractivity contribution in [3.63, 3.8) is 0 Å². The van der Waals surface area contributed by atoms with E-state index in [0.717, 1.165) is 16.7 Å². The van der Waals surface area contributed by atoms with Crippen LogP contribution in [0.4, 0.5) is 0 Å². The maximum absolute atomic E-state index is 14.1. The van der Waals surface area contributed by atoms with E-state index in [0.29, 0.717) is 12.0 Å². The average molecular weight is 773 g/mol. The molecule has 8 N–H and O–H groups in total. The minimum Gasteiger partial charge on any atom is -0.508 e. The summed E-state index contributed by atoms with van der Waals surface area (Å²) < 4.78 is 5.80. The SMILES string of the molecule is CCC(C)[C@H](NC(=O)[C@H](Cc1ccc(O)cc1)NC(=O)[C@@H](CN)C(C)C)C(=O)NC1Cc2ccccc2CN(COCNC(Cc2ccccc2)C(=O)O)C1=O. The average Bonchev–Trinajstić information content (AvgIpc) is 3.30. The van der Waals surface area contributed by atoms with E-state index in [1.54, 1.807) is 12.1 Å². The number of carboxylic acids is 1. The number of amides is 4. The lowest BCUT2D eigenvalue weighted by molar-refractivity contribution is -0.144. The molecule has 3 unspecified atom stereocenters. The van der Waals surface area contributed by atoms with Crippen molar-refractivity contribution >= 4 is 29.6 Å². The number of nitrogens with zero attached hydrogens (tertiary/aromatic N) is 1. The number of aromatic hydroxyl groups is 1. The summed E-state index contributed by atoms with van der Waals surface area (Å²) in [7, 11) is 0. The van der Waals surface area contributed by atoms with Crippen molar-refractivity contribution < 1.29 is 38.9 Å². The Morgan fingerprint density at radius 2 is 1.46 bits per heavy atom. The van der Waals surface area contributed by atoms with Crippen molar-refractivity contribution in [2.24, 2.45) is 23.5 Å². The van der Waals surface area contributed by atoms with E-state index in [1.807, 2.05) is 82.3 Å². The molecular formula is C42H56N6O8. The van der Waals surface area contributed by atoms with Gasteiger partial charge in [-0.1, -0.05) is 101 Å². The first-order valence-corrected chi connectivity index (χ1v) is 19.1. The van der Waals surface area contributed by atoms with Crippen molar-refractivity contribution in [1.82, 2.24) is 26.2 Å². The normalized spacial score (nSPS) is 16.8. The third-order valence-electron chi connectivity index (χ3n) is 10.3. The molecule has 4 rings (SSSR count). The molecule has 6 atom stereocenters. The lowest BCUT2D eigenvalue weighted by Crippen LogP contribution is -2.59. The van der Waals surface area contributed by atoms with Gasteiger partial charge in [-0.25, -0.2) is 0 Å². The zero-order valence-electron chi connectivity index (χ0n) is 32.6. The third kappa shape index (κ3) is 12.4. The maximum atomic E-state index is 14.1. The first-order valence-electron chi connectivity index (χ1n) is 19.1. The van der Waals surface area contributed by atoms with E-state index in [9.17, 15) is 34.2 Å². The summed E-state index contributed by atoms with van der Waals surface area (Å²) in [4.78, 5) is 68.9. The zero-order chi connectivity index (χ0) is 40.8. The maximum Gasteiger partial charge on any atom is 0.321 e. The first kappa shape index (κ1) is 43.4. The standard InChI is InChI=1S/C42H56N6O8/c1-5-27(4)37(47-39(51)34(19-29-15-17-32(49)18-16-29)45-38(50)33(22-43)26(2)3)40(52)46-35-21-30-13-9-10-14-31(30)23-48(41(35)53)25-56-24-44-36(42(54)55)20-28-11-7-6-8-12-28/h6-18,26-27,33-37,44,49H,5,19-25,43H2,1-4H3,(H,45,50)(H,46,52)(H,47,51)(H,54,55)/t27?,33-,34-,35?,36?,37-/m0/s1. The smallest absolute Gasteiger partial charge is 0.321 e. The predicted molar refractivity (Wildman–Crippen MR) is 211 cm³/mol. The Hall–Kier alpha value is -5.31. The number of phenols is 1. The van der Waals surface area contributed by atoms with E-state index in [2.05, 4.69) is 21.3 Å². The number of nitrogens with two attached hydrogens (primary N) is 1. The number of aliphatic carboxylic acids is 1. The lowest BCUT2D eigenvalue weighted by atomic mass is 9.93. The van der Waals surface area contributed by atoms with Crippen LogP contribution in [0, 0.1) is 17.8 Å². The van der Waals surface area contributed by atoms with Crippen LogP contribution in [0.3, 0.4) is 0 Å². The fourth-order valence-electron chi connectivity index (χ4n) is 6.61. The molecule has 0 aromatic heterocycles. The van der Waals surface area contributed by atoms with Gasteiger partial charge in [-0.05, 0) is 52.6 Å². The van der Waals surface area contributed by atoms with E-state index in [1.165, 1.54) is 17.0 Å². The molecule has 56 heavy (non-hydrogen) atoms. The molecule has 302 valence electrons. The molecule has 0 saturated heterocycles. The summed E-state index contributed by atoms with van der Waals surface area (Å²) in [6, 6.07) is 19.0. The molecule has 0 fully saturated rings. The summed E-state index contributed by atoms with van der Waals surface area (Å²) in [5.41, 5.74) is 9.16. The number of hydrogen-bond acceptors (Lipinski definition) is 9.